The highest BCUT2D eigenvalue weighted by molar-refractivity contribution is 4.53. The van der Waals surface area contributed by atoms with Gasteiger partial charge in [0, 0.05) is 13.1 Å². The molecule has 0 aliphatic carbocycles. The van der Waals surface area contributed by atoms with Crippen molar-refractivity contribution in [2.24, 2.45) is 0 Å². The third-order valence-electron chi connectivity index (χ3n) is 1.61. The molecule has 0 saturated carbocycles. The molecule has 0 aromatic carbocycles. The molecule has 12 heavy (non-hydrogen) atoms. The van der Waals surface area contributed by atoms with Crippen LogP contribution in [0.5, 0.6) is 0 Å². The smallest absolute Gasteiger partial charge is 0.0525 e. The van der Waals surface area contributed by atoms with E-state index in [0.29, 0.717) is 25.9 Å². The fourth-order valence-corrected chi connectivity index (χ4v) is 0.784. The molecule has 0 heterocycles. The number of aliphatic hydroxyl groups excluding tert-OH is 2. The third kappa shape index (κ3) is 7.94. The summed E-state index contributed by atoms with van der Waals surface area (Å²) < 4.78 is 0. The van der Waals surface area contributed by atoms with E-state index in [1.807, 2.05) is 0 Å². The van der Waals surface area contributed by atoms with Gasteiger partial charge in [0.2, 0.25) is 0 Å². The first-order chi connectivity index (χ1) is 5.52. The lowest BCUT2D eigenvalue weighted by molar-refractivity contribution is -0.102. The molecule has 0 aromatic rings. The standard InChI is InChI=1S/C8H19NO3/c1-7(10)3-5-9(12)6-4-8(2)11/h7-8,10-12H,3-6H2,1-2H3. The molecular formula is C8H19NO3. The lowest BCUT2D eigenvalue weighted by Gasteiger charge is -2.16. The minimum Gasteiger partial charge on any atom is -0.393 e. The van der Waals surface area contributed by atoms with Crippen LogP contribution in [0.1, 0.15) is 26.7 Å². The Hall–Kier alpha value is -0.160. The van der Waals surface area contributed by atoms with Crippen molar-refractivity contribution < 1.29 is 15.4 Å². The Bertz CT molecular complexity index is 94.5. The molecule has 0 aromatic heterocycles. The van der Waals surface area contributed by atoms with E-state index in [2.05, 4.69) is 0 Å². The number of rotatable bonds is 6. The molecule has 74 valence electrons. The van der Waals surface area contributed by atoms with E-state index in [4.69, 9.17) is 15.4 Å². The van der Waals surface area contributed by atoms with Crippen LogP contribution < -0.4 is 0 Å². The summed E-state index contributed by atoms with van der Waals surface area (Å²) in [6.45, 7) is 4.26. The molecule has 4 nitrogen and oxygen atoms in total. The molecule has 0 saturated heterocycles. The Labute approximate surface area is 73.4 Å². The van der Waals surface area contributed by atoms with E-state index < -0.39 is 0 Å². The molecule has 0 fully saturated rings. The first-order valence-electron chi connectivity index (χ1n) is 4.32. The molecule has 0 amide bonds. The maximum absolute atomic E-state index is 9.16. The van der Waals surface area contributed by atoms with Crippen molar-refractivity contribution in [2.45, 2.75) is 38.9 Å². The predicted octanol–water partition coefficient (Wildman–Crippen LogP) is 0.219. The van der Waals surface area contributed by atoms with E-state index in [1.54, 1.807) is 13.8 Å². The summed E-state index contributed by atoms with van der Waals surface area (Å²) >= 11 is 0. The van der Waals surface area contributed by atoms with Crippen LogP contribution in [0.4, 0.5) is 0 Å². The zero-order valence-electron chi connectivity index (χ0n) is 7.77. The molecule has 3 N–H and O–H groups in total. The van der Waals surface area contributed by atoms with E-state index in [-0.39, 0.29) is 12.2 Å². The Morgan fingerprint density at radius 1 is 1.00 bits per heavy atom. The minimum atomic E-state index is -0.383. The second-order valence-corrected chi connectivity index (χ2v) is 3.23. The van der Waals surface area contributed by atoms with Gasteiger partial charge in [-0.05, 0) is 26.7 Å². The van der Waals surface area contributed by atoms with Crippen molar-refractivity contribution in [3.8, 4) is 0 Å². The summed E-state index contributed by atoms with van der Waals surface area (Å²) in [4.78, 5) is 0. The maximum atomic E-state index is 9.16. The molecule has 0 spiro atoms. The molecule has 0 aliphatic heterocycles. The molecule has 0 rings (SSSR count). The van der Waals surface area contributed by atoms with Crippen LogP contribution in [0.2, 0.25) is 0 Å². The van der Waals surface area contributed by atoms with E-state index in [9.17, 15) is 0 Å². The minimum absolute atomic E-state index is 0.383. The number of nitrogens with zero attached hydrogens (tertiary/aromatic N) is 1. The fourth-order valence-electron chi connectivity index (χ4n) is 0.784. The normalized spacial score (nSPS) is 16.5. The number of aliphatic hydroxyl groups is 2. The van der Waals surface area contributed by atoms with Crippen molar-refractivity contribution in [1.29, 1.82) is 0 Å². The Morgan fingerprint density at radius 3 is 1.58 bits per heavy atom. The predicted molar refractivity (Wildman–Crippen MR) is 46.0 cm³/mol. The molecule has 2 unspecified atom stereocenters. The van der Waals surface area contributed by atoms with Crippen LogP contribution in [0, 0.1) is 0 Å². The van der Waals surface area contributed by atoms with Gasteiger partial charge in [0.25, 0.3) is 0 Å². The van der Waals surface area contributed by atoms with Crippen LogP contribution in [0.3, 0.4) is 0 Å². The van der Waals surface area contributed by atoms with Gasteiger partial charge in [0.05, 0.1) is 12.2 Å². The van der Waals surface area contributed by atoms with E-state index in [1.165, 1.54) is 0 Å². The highest BCUT2D eigenvalue weighted by Gasteiger charge is 2.04. The number of hydrogen-bond acceptors (Lipinski definition) is 4. The van der Waals surface area contributed by atoms with Crippen molar-refractivity contribution >= 4 is 0 Å². The van der Waals surface area contributed by atoms with Gasteiger partial charge < -0.3 is 15.4 Å². The third-order valence-corrected chi connectivity index (χ3v) is 1.61. The van der Waals surface area contributed by atoms with Crippen LogP contribution in [-0.2, 0) is 0 Å². The van der Waals surface area contributed by atoms with Gasteiger partial charge >= 0.3 is 0 Å². The Morgan fingerprint density at radius 2 is 1.33 bits per heavy atom. The topological polar surface area (TPSA) is 63.9 Å². The van der Waals surface area contributed by atoms with Crippen LogP contribution in [-0.4, -0.2) is 45.8 Å². The quantitative estimate of drug-likeness (QED) is 0.508. The van der Waals surface area contributed by atoms with Crippen molar-refractivity contribution in [3.63, 3.8) is 0 Å². The summed E-state index contributed by atoms with van der Waals surface area (Å²) in [7, 11) is 0. The molecule has 4 heteroatoms. The summed E-state index contributed by atoms with van der Waals surface area (Å²) in [6, 6.07) is 0. The number of hydroxylamine groups is 2. The van der Waals surface area contributed by atoms with Gasteiger partial charge in [-0.2, -0.15) is 5.06 Å². The lowest BCUT2D eigenvalue weighted by atomic mass is 10.2. The molecular weight excluding hydrogens is 158 g/mol. The Balaban J connectivity index is 3.27. The van der Waals surface area contributed by atoms with Gasteiger partial charge in [0.1, 0.15) is 0 Å². The van der Waals surface area contributed by atoms with Crippen LogP contribution in [0.25, 0.3) is 0 Å². The molecule has 2 atom stereocenters. The van der Waals surface area contributed by atoms with Crippen LogP contribution in [0.15, 0.2) is 0 Å². The van der Waals surface area contributed by atoms with E-state index >= 15 is 0 Å². The van der Waals surface area contributed by atoms with Crippen LogP contribution >= 0.6 is 0 Å². The van der Waals surface area contributed by atoms with Crippen molar-refractivity contribution in [1.82, 2.24) is 5.06 Å². The monoisotopic (exact) mass is 177 g/mol. The van der Waals surface area contributed by atoms with E-state index in [0.717, 1.165) is 5.06 Å². The zero-order chi connectivity index (χ0) is 9.56. The highest BCUT2D eigenvalue weighted by atomic mass is 16.5. The largest absolute Gasteiger partial charge is 0.393 e. The average molecular weight is 177 g/mol. The summed E-state index contributed by atoms with van der Waals surface area (Å²) in [5.41, 5.74) is 0. The first-order valence-corrected chi connectivity index (χ1v) is 4.32. The second-order valence-electron chi connectivity index (χ2n) is 3.23. The van der Waals surface area contributed by atoms with Crippen molar-refractivity contribution in [2.75, 3.05) is 13.1 Å². The Kier molecular flexibility index (Phi) is 6.28. The first kappa shape index (κ1) is 11.8. The second kappa shape index (κ2) is 6.37. The van der Waals surface area contributed by atoms with Crippen molar-refractivity contribution in [3.05, 3.63) is 0 Å². The van der Waals surface area contributed by atoms with Gasteiger partial charge in [-0.3, -0.25) is 0 Å². The van der Waals surface area contributed by atoms with Gasteiger partial charge in [-0.25, -0.2) is 0 Å². The molecule has 0 radical (unpaired) electrons. The fraction of sp³-hybridized carbons (Fsp3) is 1.00. The summed E-state index contributed by atoms with van der Waals surface area (Å²) in [5, 5.41) is 28.1. The SMILES string of the molecule is CC(O)CCN(O)CCC(C)O. The lowest BCUT2D eigenvalue weighted by Crippen LogP contribution is -2.26. The highest BCUT2D eigenvalue weighted by Crippen LogP contribution is 1.96. The van der Waals surface area contributed by atoms with Gasteiger partial charge in [0.15, 0.2) is 0 Å². The van der Waals surface area contributed by atoms with Gasteiger partial charge in [-0.1, -0.05) is 0 Å². The maximum Gasteiger partial charge on any atom is 0.0525 e. The average Bonchev–Trinajstić information content (AvgIpc) is 1.96. The number of hydrogen-bond donors (Lipinski definition) is 3. The molecule has 0 aliphatic rings. The zero-order valence-corrected chi connectivity index (χ0v) is 7.77. The summed E-state index contributed by atoms with van der Waals surface area (Å²) in [6.07, 6.45) is 0.337. The van der Waals surface area contributed by atoms with Gasteiger partial charge in [-0.15, -0.1) is 0 Å². The molecule has 0 bridgehead atoms. The summed E-state index contributed by atoms with van der Waals surface area (Å²) in [5.74, 6) is 0.